The molecule has 4 heteroatoms. The van der Waals surface area contributed by atoms with Crippen LogP contribution in [-0.2, 0) is 10.2 Å². The first-order chi connectivity index (χ1) is 10.3. The number of nitrogens with one attached hydrogen (secondary N) is 1. The van der Waals surface area contributed by atoms with Crippen LogP contribution in [0.25, 0.3) is 0 Å². The molecule has 4 nitrogen and oxygen atoms in total. The number of nitrogen functional groups attached to an aromatic ring is 1. The van der Waals surface area contributed by atoms with Crippen LogP contribution >= 0.6 is 0 Å². The molecule has 22 heavy (non-hydrogen) atoms. The standard InChI is InChI=1S/C18H26N2O2/c1-17(2,3)15(22-16(21)20-14-8-9-14)18(10-11-18)12-4-6-13(19)7-5-12/h4-7,14-15H,8-11,19H2,1-3H3,(H,20,21). The number of hydrogen-bond donors (Lipinski definition) is 2. The molecule has 0 saturated heterocycles. The van der Waals surface area contributed by atoms with Crippen molar-refractivity contribution >= 4 is 11.8 Å². The zero-order valence-electron chi connectivity index (χ0n) is 13.7. The zero-order valence-corrected chi connectivity index (χ0v) is 13.7. The van der Waals surface area contributed by atoms with E-state index in [0.717, 1.165) is 31.4 Å². The number of alkyl carbamates (subject to hydrolysis) is 1. The predicted molar refractivity (Wildman–Crippen MR) is 87.6 cm³/mol. The maximum absolute atomic E-state index is 12.2. The molecule has 1 atom stereocenters. The fourth-order valence-electron chi connectivity index (χ4n) is 3.31. The van der Waals surface area contributed by atoms with Gasteiger partial charge in [-0.2, -0.15) is 0 Å². The molecule has 2 aliphatic carbocycles. The number of carbonyl (C=O) groups is 1. The second-order valence-corrected chi connectivity index (χ2v) is 7.85. The average molecular weight is 302 g/mol. The van der Waals surface area contributed by atoms with Gasteiger partial charge in [-0.05, 0) is 48.8 Å². The molecule has 2 saturated carbocycles. The minimum atomic E-state index is -0.274. The van der Waals surface area contributed by atoms with Crippen LogP contribution in [0.3, 0.4) is 0 Å². The van der Waals surface area contributed by atoms with Gasteiger partial charge in [0.15, 0.2) is 0 Å². The lowest BCUT2D eigenvalue weighted by atomic mass is 9.75. The Morgan fingerprint density at radius 3 is 2.32 bits per heavy atom. The van der Waals surface area contributed by atoms with Gasteiger partial charge in [-0.1, -0.05) is 32.9 Å². The van der Waals surface area contributed by atoms with E-state index in [1.54, 1.807) is 0 Å². The highest BCUT2D eigenvalue weighted by atomic mass is 16.6. The summed E-state index contributed by atoms with van der Waals surface area (Å²) in [6.07, 6.45) is 3.83. The van der Waals surface area contributed by atoms with Crippen LogP contribution < -0.4 is 11.1 Å². The largest absolute Gasteiger partial charge is 0.445 e. The van der Waals surface area contributed by atoms with E-state index in [2.05, 4.69) is 38.2 Å². The molecule has 0 aromatic heterocycles. The molecule has 1 unspecified atom stereocenters. The maximum atomic E-state index is 12.2. The Morgan fingerprint density at radius 1 is 1.27 bits per heavy atom. The minimum Gasteiger partial charge on any atom is -0.445 e. The molecule has 3 rings (SSSR count). The monoisotopic (exact) mass is 302 g/mol. The normalized spacial score (nSPS) is 21.0. The minimum absolute atomic E-state index is 0.0627. The van der Waals surface area contributed by atoms with Crippen molar-refractivity contribution in [2.24, 2.45) is 5.41 Å². The van der Waals surface area contributed by atoms with E-state index in [-0.39, 0.29) is 23.0 Å². The Kier molecular flexibility index (Phi) is 3.58. The van der Waals surface area contributed by atoms with E-state index in [4.69, 9.17) is 10.5 Å². The summed E-state index contributed by atoms with van der Waals surface area (Å²) in [4.78, 5) is 12.2. The number of hydrogen-bond acceptors (Lipinski definition) is 3. The first-order valence-corrected chi connectivity index (χ1v) is 8.14. The van der Waals surface area contributed by atoms with E-state index in [1.807, 2.05) is 12.1 Å². The SMILES string of the molecule is CC(C)(C)C(OC(=O)NC1CC1)C1(c2ccc(N)cc2)CC1. The van der Waals surface area contributed by atoms with Gasteiger partial charge in [0.1, 0.15) is 6.10 Å². The predicted octanol–water partition coefficient (Wildman–Crippen LogP) is 3.60. The molecule has 0 heterocycles. The molecular formula is C18H26N2O2. The van der Waals surface area contributed by atoms with Crippen LogP contribution in [0, 0.1) is 5.41 Å². The molecule has 1 aromatic carbocycles. The summed E-state index contributed by atoms with van der Waals surface area (Å²) in [5.41, 5.74) is 7.61. The first kappa shape index (κ1) is 15.2. The summed E-state index contributed by atoms with van der Waals surface area (Å²) < 4.78 is 5.90. The van der Waals surface area contributed by atoms with Gasteiger partial charge in [-0.15, -0.1) is 0 Å². The summed E-state index contributed by atoms with van der Waals surface area (Å²) in [5.74, 6) is 0. The van der Waals surface area contributed by atoms with Crippen molar-refractivity contribution < 1.29 is 9.53 Å². The first-order valence-electron chi connectivity index (χ1n) is 8.14. The number of benzene rings is 1. The van der Waals surface area contributed by atoms with Gasteiger partial charge in [-0.25, -0.2) is 4.79 Å². The number of rotatable bonds is 4. The second-order valence-electron chi connectivity index (χ2n) is 7.85. The van der Waals surface area contributed by atoms with Gasteiger partial charge in [0, 0.05) is 17.1 Å². The molecule has 2 fully saturated rings. The third-order valence-corrected chi connectivity index (χ3v) is 4.69. The molecular weight excluding hydrogens is 276 g/mol. The van der Waals surface area contributed by atoms with Crippen LogP contribution in [0.1, 0.15) is 52.0 Å². The number of anilines is 1. The average Bonchev–Trinajstić information content (AvgIpc) is 3.31. The van der Waals surface area contributed by atoms with Crippen molar-refractivity contribution in [3.63, 3.8) is 0 Å². The van der Waals surface area contributed by atoms with Crippen LogP contribution in [0.2, 0.25) is 0 Å². The van der Waals surface area contributed by atoms with Gasteiger partial charge in [0.2, 0.25) is 0 Å². The molecule has 1 amide bonds. The Hall–Kier alpha value is -1.71. The Balaban J connectivity index is 1.81. The second kappa shape index (κ2) is 5.18. The highest BCUT2D eigenvalue weighted by molar-refractivity contribution is 5.68. The van der Waals surface area contributed by atoms with Crippen molar-refractivity contribution in [3.05, 3.63) is 29.8 Å². The quantitative estimate of drug-likeness (QED) is 0.835. The number of nitrogens with two attached hydrogens (primary N) is 1. The van der Waals surface area contributed by atoms with Crippen molar-refractivity contribution in [2.75, 3.05) is 5.73 Å². The van der Waals surface area contributed by atoms with E-state index in [9.17, 15) is 4.79 Å². The lowest BCUT2D eigenvalue weighted by Crippen LogP contribution is -2.44. The Morgan fingerprint density at radius 2 is 1.86 bits per heavy atom. The summed E-state index contributed by atoms with van der Waals surface area (Å²) >= 11 is 0. The number of amides is 1. The number of ether oxygens (including phenoxy) is 1. The Bertz CT molecular complexity index is 551. The van der Waals surface area contributed by atoms with E-state index in [1.165, 1.54) is 5.56 Å². The zero-order chi connectivity index (χ0) is 16.0. The summed E-state index contributed by atoms with van der Waals surface area (Å²) in [6, 6.07) is 8.32. The van der Waals surface area contributed by atoms with Gasteiger partial charge in [-0.3, -0.25) is 0 Å². The van der Waals surface area contributed by atoms with E-state index >= 15 is 0 Å². The summed E-state index contributed by atoms with van der Waals surface area (Å²) in [6.45, 7) is 6.42. The molecule has 0 spiro atoms. The lowest BCUT2D eigenvalue weighted by Gasteiger charge is -2.37. The molecule has 0 bridgehead atoms. The molecule has 0 radical (unpaired) electrons. The molecule has 2 aliphatic rings. The third-order valence-electron chi connectivity index (χ3n) is 4.69. The smallest absolute Gasteiger partial charge is 0.407 e. The fraction of sp³-hybridized carbons (Fsp3) is 0.611. The van der Waals surface area contributed by atoms with E-state index < -0.39 is 0 Å². The summed E-state index contributed by atoms with van der Waals surface area (Å²) in [5, 5.41) is 2.94. The van der Waals surface area contributed by atoms with Crippen molar-refractivity contribution in [1.82, 2.24) is 5.32 Å². The van der Waals surface area contributed by atoms with Gasteiger partial charge < -0.3 is 15.8 Å². The van der Waals surface area contributed by atoms with Crippen LogP contribution in [0.4, 0.5) is 10.5 Å². The van der Waals surface area contributed by atoms with Crippen LogP contribution in [-0.4, -0.2) is 18.2 Å². The molecule has 0 aliphatic heterocycles. The van der Waals surface area contributed by atoms with Crippen LogP contribution in [0.15, 0.2) is 24.3 Å². The topological polar surface area (TPSA) is 64.3 Å². The van der Waals surface area contributed by atoms with Crippen LogP contribution in [0.5, 0.6) is 0 Å². The van der Waals surface area contributed by atoms with E-state index in [0.29, 0.717) is 6.04 Å². The number of carbonyl (C=O) groups excluding carboxylic acids is 1. The Labute approximate surface area is 132 Å². The van der Waals surface area contributed by atoms with Gasteiger partial charge in [0.05, 0.1) is 0 Å². The molecule has 3 N–H and O–H groups in total. The summed E-state index contributed by atoms with van der Waals surface area (Å²) in [7, 11) is 0. The van der Waals surface area contributed by atoms with Crippen molar-refractivity contribution in [2.45, 2.75) is 64.0 Å². The van der Waals surface area contributed by atoms with Crippen molar-refractivity contribution in [3.8, 4) is 0 Å². The fourth-order valence-corrected chi connectivity index (χ4v) is 3.31. The van der Waals surface area contributed by atoms with Gasteiger partial charge >= 0.3 is 6.09 Å². The highest BCUT2D eigenvalue weighted by Crippen LogP contribution is 2.56. The maximum Gasteiger partial charge on any atom is 0.407 e. The highest BCUT2D eigenvalue weighted by Gasteiger charge is 2.56. The molecule has 1 aromatic rings. The van der Waals surface area contributed by atoms with Crippen molar-refractivity contribution in [1.29, 1.82) is 0 Å². The third kappa shape index (κ3) is 3.06. The molecule has 120 valence electrons. The van der Waals surface area contributed by atoms with Gasteiger partial charge in [0.25, 0.3) is 0 Å². The lowest BCUT2D eigenvalue weighted by molar-refractivity contribution is 0.00524.